The predicted octanol–water partition coefficient (Wildman–Crippen LogP) is 1.12. The second-order valence-corrected chi connectivity index (χ2v) is 8.31. The van der Waals surface area contributed by atoms with E-state index in [1.165, 1.54) is 11.3 Å². The van der Waals surface area contributed by atoms with Crippen molar-refractivity contribution in [3.8, 4) is 10.6 Å². The van der Waals surface area contributed by atoms with Gasteiger partial charge in [-0.05, 0) is 25.8 Å². The van der Waals surface area contributed by atoms with Gasteiger partial charge >= 0.3 is 0 Å². The van der Waals surface area contributed by atoms with Crippen LogP contribution in [0.25, 0.3) is 20.8 Å². The number of aliphatic hydroxyl groups excluding tert-OH is 3. The van der Waals surface area contributed by atoms with Crippen molar-refractivity contribution in [1.29, 1.82) is 0 Å². The smallest absolute Gasteiger partial charge is 0.222 e. The van der Waals surface area contributed by atoms with Gasteiger partial charge in [-0.15, -0.1) is 11.3 Å². The fraction of sp³-hybridized carbons (Fsp3) is 0.474. The second-order valence-electron chi connectivity index (χ2n) is 7.28. The lowest BCUT2D eigenvalue weighted by Crippen LogP contribution is -2.35. The average Bonchev–Trinajstić information content (AvgIpc) is 3.23. The minimum absolute atomic E-state index is 0.109. The van der Waals surface area contributed by atoms with Crippen LogP contribution in [0.5, 0.6) is 0 Å². The van der Waals surface area contributed by atoms with Gasteiger partial charge in [0.1, 0.15) is 22.4 Å². The van der Waals surface area contributed by atoms with Crippen LogP contribution >= 0.6 is 11.3 Å². The van der Waals surface area contributed by atoms with Crippen molar-refractivity contribution in [2.24, 2.45) is 5.92 Å². The molecule has 154 valence electrons. The quantitative estimate of drug-likeness (QED) is 0.412. The first-order valence-electron chi connectivity index (χ1n) is 9.55. The van der Waals surface area contributed by atoms with Gasteiger partial charge in [-0.1, -0.05) is 6.92 Å². The summed E-state index contributed by atoms with van der Waals surface area (Å²) in [6.45, 7) is 3.68. The maximum Gasteiger partial charge on any atom is 0.222 e. The Morgan fingerprint density at radius 3 is 2.72 bits per heavy atom. The molecule has 3 aromatic rings. The SMILES string of the molecule is CCc1nccc2sc(-c3c(C)nc(N)nc3NC3CC(CO)C(O)C3O)nc12. The van der Waals surface area contributed by atoms with Crippen LogP contribution in [0.4, 0.5) is 11.8 Å². The molecule has 1 aliphatic rings. The number of fused-ring (bicyclic) bond motifs is 1. The number of rotatable bonds is 5. The summed E-state index contributed by atoms with van der Waals surface area (Å²) in [6, 6.07) is 1.45. The van der Waals surface area contributed by atoms with Gasteiger partial charge in [0, 0.05) is 18.7 Å². The molecule has 6 N–H and O–H groups in total. The first kappa shape index (κ1) is 19.9. The Morgan fingerprint density at radius 2 is 2.03 bits per heavy atom. The molecule has 3 heterocycles. The first-order valence-corrected chi connectivity index (χ1v) is 10.4. The van der Waals surface area contributed by atoms with E-state index in [0.717, 1.165) is 27.3 Å². The molecule has 1 aliphatic carbocycles. The molecule has 0 aliphatic heterocycles. The number of aryl methyl sites for hydroxylation is 2. The van der Waals surface area contributed by atoms with Crippen molar-refractivity contribution in [2.75, 3.05) is 17.7 Å². The molecule has 0 saturated heterocycles. The lowest BCUT2D eigenvalue weighted by molar-refractivity contribution is 0.00446. The van der Waals surface area contributed by atoms with Crippen LogP contribution in [-0.4, -0.2) is 60.1 Å². The van der Waals surface area contributed by atoms with E-state index < -0.39 is 24.2 Å². The molecule has 0 spiro atoms. The number of aliphatic hydroxyl groups is 3. The van der Waals surface area contributed by atoms with Crippen LogP contribution in [-0.2, 0) is 6.42 Å². The third-order valence-corrected chi connectivity index (χ3v) is 6.44. The van der Waals surface area contributed by atoms with Gasteiger partial charge in [-0.3, -0.25) is 4.98 Å². The number of aromatic nitrogens is 4. The number of nitrogen functional groups attached to an aromatic ring is 1. The zero-order valence-electron chi connectivity index (χ0n) is 16.2. The predicted molar refractivity (Wildman–Crippen MR) is 112 cm³/mol. The molecule has 9 nitrogen and oxygen atoms in total. The Kier molecular flexibility index (Phi) is 5.34. The van der Waals surface area contributed by atoms with Gasteiger partial charge in [0.05, 0.1) is 33.8 Å². The van der Waals surface area contributed by atoms with Crippen LogP contribution in [0, 0.1) is 12.8 Å². The van der Waals surface area contributed by atoms with E-state index in [4.69, 9.17) is 10.7 Å². The number of nitrogens with one attached hydrogen (secondary N) is 1. The summed E-state index contributed by atoms with van der Waals surface area (Å²) in [5.74, 6) is 0.166. The summed E-state index contributed by atoms with van der Waals surface area (Å²) < 4.78 is 1.02. The third-order valence-electron chi connectivity index (χ3n) is 5.40. The number of nitrogens with zero attached hydrogens (tertiary/aromatic N) is 4. The summed E-state index contributed by atoms with van der Waals surface area (Å²) in [4.78, 5) is 17.8. The van der Waals surface area contributed by atoms with Crippen molar-refractivity contribution in [3.05, 3.63) is 23.7 Å². The van der Waals surface area contributed by atoms with Crippen LogP contribution in [0.3, 0.4) is 0 Å². The number of anilines is 2. The van der Waals surface area contributed by atoms with Gasteiger partial charge in [0.15, 0.2) is 0 Å². The summed E-state index contributed by atoms with van der Waals surface area (Å²) in [5.41, 5.74) is 9.02. The molecule has 4 atom stereocenters. The Hall–Kier alpha value is -2.40. The van der Waals surface area contributed by atoms with E-state index in [1.807, 2.05) is 19.9 Å². The number of nitrogens with two attached hydrogens (primary N) is 1. The number of pyridine rings is 1. The molecule has 10 heteroatoms. The monoisotopic (exact) mass is 416 g/mol. The molecule has 0 aromatic carbocycles. The highest BCUT2D eigenvalue weighted by atomic mass is 32.1. The molecule has 4 rings (SSSR count). The summed E-state index contributed by atoms with van der Waals surface area (Å²) in [5, 5.41) is 33.9. The lowest BCUT2D eigenvalue weighted by Gasteiger charge is -2.20. The van der Waals surface area contributed by atoms with Crippen molar-refractivity contribution in [2.45, 2.75) is 44.9 Å². The number of hydrogen-bond acceptors (Lipinski definition) is 10. The van der Waals surface area contributed by atoms with Crippen LogP contribution in [0.2, 0.25) is 0 Å². The fourth-order valence-electron chi connectivity index (χ4n) is 3.85. The van der Waals surface area contributed by atoms with E-state index in [9.17, 15) is 15.3 Å². The Morgan fingerprint density at radius 1 is 1.24 bits per heavy atom. The van der Waals surface area contributed by atoms with E-state index in [2.05, 4.69) is 20.3 Å². The van der Waals surface area contributed by atoms with Crippen LogP contribution in [0.15, 0.2) is 12.3 Å². The fourth-order valence-corrected chi connectivity index (χ4v) is 4.93. The maximum absolute atomic E-state index is 10.4. The van der Waals surface area contributed by atoms with Crippen LogP contribution < -0.4 is 11.1 Å². The van der Waals surface area contributed by atoms with E-state index in [0.29, 0.717) is 23.5 Å². The molecular formula is C19H24N6O3S. The lowest BCUT2D eigenvalue weighted by atomic mass is 10.1. The van der Waals surface area contributed by atoms with E-state index in [-0.39, 0.29) is 12.6 Å². The Bertz CT molecular complexity index is 1040. The number of thiazole rings is 1. The zero-order valence-corrected chi connectivity index (χ0v) is 17.0. The highest BCUT2D eigenvalue weighted by Gasteiger charge is 2.41. The minimum Gasteiger partial charge on any atom is -0.396 e. The van der Waals surface area contributed by atoms with Crippen molar-refractivity contribution < 1.29 is 15.3 Å². The normalized spacial score (nSPS) is 24.3. The van der Waals surface area contributed by atoms with Gasteiger partial charge in [-0.25, -0.2) is 9.97 Å². The minimum atomic E-state index is -1.03. The average molecular weight is 417 g/mol. The Labute approximate surface area is 171 Å². The van der Waals surface area contributed by atoms with Gasteiger partial charge in [0.2, 0.25) is 5.95 Å². The molecule has 1 fully saturated rings. The maximum atomic E-state index is 10.4. The standard InChI is InChI=1S/C19H24N6O3S/c1-3-10-14-12(4-5-21-10)29-18(24-14)13-8(2)22-19(20)25-17(13)23-11-6-9(7-26)15(27)16(11)28/h4-5,9,11,15-16,26-28H,3,6-7H2,1-2H3,(H3,20,22,23,25). The highest BCUT2D eigenvalue weighted by molar-refractivity contribution is 7.21. The molecule has 4 unspecified atom stereocenters. The summed E-state index contributed by atoms with van der Waals surface area (Å²) >= 11 is 1.51. The summed E-state index contributed by atoms with van der Waals surface area (Å²) in [6.07, 6.45) is 0.937. The Balaban J connectivity index is 1.77. The highest BCUT2D eigenvalue weighted by Crippen LogP contribution is 2.38. The largest absolute Gasteiger partial charge is 0.396 e. The second kappa shape index (κ2) is 7.79. The molecule has 0 radical (unpaired) electrons. The summed E-state index contributed by atoms with van der Waals surface area (Å²) in [7, 11) is 0. The van der Waals surface area contributed by atoms with Gasteiger partial charge in [0.25, 0.3) is 0 Å². The molecule has 0 bridgehead atoms. The first-order chi connectivity index (χ1) is 13.9. The third kappa shape index (κ3) is 3.52. The van der Waals surface area contributed by atoms with Crippen LogP contribution in [0.1, 0.15) is 24.7 Å². The molecule has 3 aromatic heterocycles. The van der Waals surface area contributed by atoms with E-state index >= 15 is 0 Å². The van der Waals surface area contributed by atoms with E-state index in [1.54, 1.807) is 6.20 Å². The molecule has 29 heavy (non-hydrogen) atoms. The van der Waals surface area contributed by atoms with Gasteiger partial charge < -0.3 is 26.4 Å². The molecular weight excluding hydrogens is 392 g/mol. The topological polar surface area (TPSA) is 150 Å². The molecule has 0 amide bonds. The van der Waals surface area contributed by atoms with Crippen molar-refractivity contribution in [1.82, 2.24) is 19.9 Å². The van der Waals surface area contributed by atoms with Crippen molar-refractivity contribution >= 4 is 33.3 Å². The molecule has 1 saturated carbocycles. The zero-order chi connectivity index (χ0) is 20.7. The van der Waals surface area contributed by atoms with Crippen molar-refractivity contribution in [3.63, 3.8) is 0 Å². The number of hydrogen-bond donors (Lipinski definition) is 5. The van der Waals surface area contributed by atoms with Gasteiger partial charge in [-0.2, -0.15) is 4.98 Å².